The predicted octanol–water partition coefficient (Wildman–Crippen LogP) is 3.30. The number of esters is 1. The van der Waals surface area contributed by atoms with Gasteiger partial charge in [0.1, 0.15) is 6.10 Å². The molecule has 4 nitrogen and oxygen atoms in total. The first-order chi connectivity index (χ1) is 11.6. The summed E-state index contributed by atoms with van der Waals surface area (Å²) in [6.07, 6.45) is 15.6. The minimum absolute atomic E-state index is 0.117. The number of carbonyl (C=O) groups is 1. The lowest BCUT2D eigenvalue weighted by atomic mass is 10.1. The second-order valence-electron chi connectivity index (χ2n) is 6.75. The molecule has 1 heterocycles. The van der Waals surface area contributed by atoms with E-state index < -0.39 is 12.2 Å². The summed E-state index contributed by atoms with van der Waals surface area (Å²) in [4.78, 5) is 11.8. The summed E-state index contributed by atoms with van der Waals surface area (Å²) in [5.41, 5.74) is 0. The van der Waals surface area contributed by atoms with Crippen LogP contribution in [0.3, 0.4) is 0 Å². The Kier molecular flexibility index (Phi) is 7.73. The number of aliphatic hydroxyl groups is 2. The molecule has 0 amide bonds. The fourth-order valence-corrected chi connectivity index (χ4v) is 3.17. The maximum atomic E-state index is 11.8. The van der Waals surface area contributed by atoms with Gasteiger partial charge in [0, 0.05) is 18.8 Å². The molecule has 0 aromatic heterocycles. The second kappa shape index (κ2) is 9.80. The molecular formula is C20H30O4. The van der Waals surface area contributed by atoms with Crippen LogP contribution in [0.15, 0.2) is 36.5 Å². The van der Waals surface area contributed by atoms with Gasteiger partial charge in [-0.25, -0.2) is 0 Å². The number of carbonyl (C=O) groups excluding carboxylic acids is 1. The summed E-state index contributed by atoms with van der Waals surface area (Å²) < 4.78 is 5.58. The van der Waals surface area contributed by atoms with Crippen LogP contribution in [0, 0.1) is 11.8 Å². The van der Waals surface area contributed by atoms with Crippen LogP contribution in [0.5, 0.6) is 0 Å². The molecular weight excluding hydrogens is 304 g/mol. The molecule has 0 saturated heterocycles. The first-order valence-electron chi connectivity index (χ1n) is 9.15. The van der Waals surface area contributed by atoms with Crippen molar-refractivity contribution in [1.29, 1.82) is 0 Å². The van der Waals surface area contributed by atoms with Crippen molar-refractivity contribution < 1.29 is 19.7 Å². The van der Waals surface area contributed by atoms with Gasteiger partial charge in [-0.2, -0.15) is 0 Å². The van der Waals surface area contributed by atoms with Crippen molar-refractivity contribution in [2.45, 2.75) is 70.2 Å². The zero-order valence-corrected chi connectivity index (χ0v) is 14.5. The molecule has 1 aliphatic heterocycles. The molecule has 24 heavy (non-hydrogen) atoms. The van der Waals surface area contributed by atoms with E-state index in [0.29, 0.717) is 12.8 Å². The second-order valence-corrected chi connectivity index (χ2v) is 6.75. The number of hydrogen-bond donors (Lipinski definition) is 2. The van der Waals surface area contributed by atoms with Gasteiger partial charge < -0.3 is 14.9 Å². The summed E-state index contributed by atoms with van der Waals surface area (Å²) in [7, 11) is 0. The highest BCUT2D eigenvalue weighted by atomic mass is 16.5. The van der Waals surface area contributed by atoms with E-state index in [-0.39, 0.29) is 23.9 Å². The molecule has 2 N–H and O–H groups in total. The molecule has 134 valence electrons. The van der Waals surface area contributed by atoms with Gasteiger partial charge in [0.2, 0.25) is 0 Å². The Bertz CT molecular complexity index is 480. The third kappa shape index (κ3) is 6.25. The highest BCUT2D eigenvalue weighted by Gasteiger charge is 2.47. The minimum atomic E-state index is -0.588. The molecule has 4 heteroatoms. The Balaban J connectivity index is 1.81. The minimum Gasteiger partial charge on any atom is -0.462 e. The van der Waals surface area contributed by atoms with Crippen LogP contribution >= 0.6 is 0 Å². The van der Waals surface area contributed by atoms with Crippen LogP contribution in [0.4, 0.5) is 0 Å². The maximum Gasteiger partial charge on any atom is 0.306 e. The molecule has 0 aromatic carbocycles. The van der Waals surface area contributed by atoms with Crippen LogP contribution < -0.4 is 0 Å². The highest BCUT2D eigenvalue weighted by Crippen LogP contribution is 2.46. The molecule has 1 saturated carbocycles. The number of cyclic esters (lactones) is 1. The van der Waals surface area contributed by atoms with Crippen LogP contribution in [0.2, 0.25) is 0 Å². The van der Waals surface area contributed by atoms with Crippen molar-refractivity contribution in [2.24, 2.45) is 11.8 Å². The molecule has 1 aliphatic carbocycles. The predicted molar refractivity (Wildman–Crippen MR) is 94.3 cm³/mol. The first kappa shape index (κ1) is 18.9. The van der Waals surface area contributed by atoms with Gasteiger partial charge in [0.25, 0.3) is 0 Å². The van der Waals surface area contributed by atoms with E-state index in [1.807, 2.05) is 12.2 Å². The quantitative estimate of drug-likeness (QED) is 0.554. The number of ether oxygens (including phenoxy) is 1. The third-order valence-electron chi connectivity index (χ3n) is 4.69. The highest BCUT2D eigenvalue weighted by molar-refractivity contribution is 5.69. The Hall–Kier alpha value is -1.39. The van der Waals surface area contributed by atoms with Crippen LogP contribution in [0.25, 0.3) is 0 Å². The fourth-order valence-electron chi connectivity index (χ4n) is 3.17. The summed E-state index contributed by atoms with van der Waals surface area (Å²) in [6, 6.07) is 0. The molecule has 0 spiro atoms. The van der Waals surface area contributed by atoms with Gasteiger partial charge in [-0.05, 0) is 38.0 Å². The summed E-state index contributed by atoms with van der Waals surface area (Å²) in [5.74, 6) is 0.206. The molecule has 0 unspecified atom stereocenters. The fraction of sp³-hybridized carbons (Fsp3) is 0.650. The topological polar surface area (TPSA) is 66.8 Å². The Morgan fingerprint density at radius 2 is 2.12 bits per heavy atom. The van der Waals surface area contributed by atoms with E-state index >= 15 is 0 Å². The first-order valence-corrected chi connectivity index (χ1v) is 9.15. The lowest BCUT2D eigenvalue weighted by Crippen LogP contribution is -2.22. The van der Waals surface area contributed by atoms with Crippen molar-refractivity contribution in [2.75, 3.05) is 0 Å². The molecule has 2 aliphatic rings. The van der Waals surface area contributed by atoms with E-state index in [4.69, 9.17) is 4.74 Å². The third-order valence-corrected chi connectivity index (χ3v) is 4.69. The molecule has 0 bridgehead atoms. The average molecular weight is 334 g/mol. The molecule has 2 rings (SSSR count). The zero-order chi connectivity index (χ0) is 17.4. The monoisotopic (exact) mass is 334 g/mol. The summed E-state index contributed by atoms with van der Waals surface area (Å²) in [5, 5.41) is 20.1. The van der Waals surface area contributed by atoms with E-state index in [2.05, 4.69) is 19.1 Å². The van der Waals surface area contributed by atoms with E-state index in [9.17, 15) is 15.0 Å². The Morgan fingerprint density at radius 1 is 1.29 bits per heavy atom. The summed E-state index contributed by atoms with van der Waals surface area (Å²) in [6.45, 7) is 2.05. The molecule has 5 atom stereocenters. The van der Waals surface area contributed by atoms with Crippen LogP contribution in [0.1, 0.15) is 51.9 Å². The molecule has 1 fully saturated rings. The lowest BCUT2D eigenvalue weighted by Gasteiger charge is -2.17. The normalized spacial score (nSPS) is 32.0. The van der Waals surface area contributed by atoms with Gasteiger partial charge >= 0.3 is 5.97 Å². The number of rotatable bonds is 7. The van der Waals surface area contributed by atoms with Crippen molar-refractivity contribution in [3.63, 3.8) is 0 Å². The van der Waals surface area contributed by atoms with Gasteiger partial charge in [0.05, 0.1) is 12.2 Å². The largest absolute Gasteiger partial charge is 0.462 e. The van der Waals surface area contributed by atoms with Crippen molar-refractivity contribution in [3.8, 4) is 0 Å². The van der Waals surface area contributed by atoms with Gasteiger partial charge in [-0.3, -0.25) is 4.79 Å². The van der Waals surface area contributed by atoms with E-state index in [1.165, 1.54) is 0 Å². The van der Waals surface area contributed by atoms with Crippen molar-refractivity contribution >= 4 is 5.97 Å². The van der Waals surface area contributed by atoms with Crippen molar-refractivity contribution in [1.82, 2.24) is 0 Å². The Labute approximate surface area is 144 Å². The lowest BCUT2D eigenvalue weighted by molar-refractivity contribution is -0.150. The maximum absolute atomic E-state index is 11.8. The number of allylic oxidation sites excluding steroid dienone is 2. The van der Waals surface area contributed by atoms with E-state index in [0.717, 1.165) is 32.1 Å². The van der Waals surface area contributed by atoms with Crippen LogP contribution in [-0.4, -0.2) is 34.5 Å². The smallest absolute Gasteiger partial charge is 0.306 e. The van der Waals surface area contributed by atoms with Gasteiger partial charge in [0.15, 0.2) is 0 Å². The standard InChI is InChI=1S/C20H30O4/c1-2-3-6-9-15(21)12-13-18(22)16-14-17(16)19-10-7-4-5-8-11-20(23)24-19/h3-4,6-7,12-13,15-19,21-22H,2,5,8-11,14H2,1H3/b6-3-,7-4-,13-12+/t15-,16-,17-,18+,19+/m1/s1. The SMILES string of the molecule is CC/C=C\C[C@@H](O)/C=C/[C@H](O)[C@@H]1C[C@H]1[C@@H]1C/C=C\CCCC(=O)O1. The van der Waals surface area contributed by atoms with Gasteiger partial charge in [-0.15, -0.1) is 0 Å². The molecule has 0 radical (unpaired) electrons. The van der Waals surface area contributed by atoms with Gasteiger partial charge in [-0.1, -0.05) is 43.4 Å². The van der Waals surface area contributed by atoms with Crippen LogP contribution in [-0.2, 0) is 9.53 Å². The zero-order valence-electron chi connectivity index (χ0n) is 14.5. The number of aliphatic hydroxyl groups excluding tert-OH is 2. The van der Waals surface area contributed by atoms with Crippen molar-refractivity contribution in [3.05, 3.63) is 36.5 Å². The average Bonchev–Trinajstić information content (AvgIpc) is 3.34. The Morgan fingerprint density at radius 3 is 2.92 bits per heavy atom. The molecule has 0 aromatic rings. The summed E-state index contributed by atoms with van der Waals surface area (Å²) >= 11 is 0. The van der Waals surface area contributed by atoms with E-state index in [1.54, 1.807) is 12.2 Å². The number of hydrogen-bond acceptors (Lipinski definition) is 4.